The molecule has 0 radical (unpaired) electrons. The highest BCUT2D eigenvalue weighted by Gasteiger charge is 2.25. The number of ether oxygens (including phenoxy) is 1. The van der Waals surface area contributed by atoms with Gasteiger partial charge in [-0.2, -0.15) is 0 Å². The van der Waals surface area contributed by atoms with E-state index in [4.69, 9.17) is 9.84 Å². The number of aromatic hydroxyl groups is 1. The minimum atomic E-state index is -1.32. The normalized spacial score (nSPS) is 10.2. The number of hydrogen-bond donors (Lipinski definition) is 2. The number of carbonyl (C=O) groups excluding carboxylic acids is 1. The van der Waals surface area contributed by atoms with Crippen LogP contribution in [0.1, 0.15) is 26.3 Å². The average Bonchev–Trinajstić information content (AvgIpc) is 2.47. The van der Waals surface area contributed by atoms with Crippen LogP contribution in [0, 0.1) is 5.82 Å². The molecule has 0 unspecified atom stereocenters. The van der Waals surface area contributed by atoms with Crippen LogP contribution in [-0.4, -0.2) is 29.1 Å². The molecule has 2 aromatic carbocycles. The first-order valence-corrected chi connectivity index (χ1v) is 5.89. The Balaban J connectivity index is 2.64. The number of carboxylic acid groups (broad SMARTS) is 1. The minimum Gasteiger partial charge on any atom is -0.507 e. The summed E-state index contributed by atoms with van der Waals surface area (Å²) in [5, 5.41) is 18.8. The van der Waals surface area contributed by atoms with E-state index in [9.17, 15) is 19.1 Å². The zero-order valence-corrected chi connectivity index (χ0v) is 11.0. The number of ketones is 1. The van der Waals surface area contributed by atoms with E-state index in [-0.39, 0.29) is 16.9 Å². The molecule has 0 atom stereocenters. The van der Waals surface area contributed by atoms with Crippen molar-refractivity contribution >= 4 is 11.8 Å². The molecular formula is C15H11FO5. The third-order valence-electron chi connectivity index (χ3n) is 2.93. The fourth-order valence-corrected chi connectivity index (χ4v) is 1.92. The second-order valence-corrected chi connectivity index (χ2v) is 4.16. The lowest BCUT2D eigenvalue weighted by Gasteiger charge is -2.10. The first-order chi connectivity index (χ1) is 9.97. The third-order valence-corrected chi connectivity index (χ3v) is 2.93. The van der Waals surface area contributed by atoms with Gasteiger partial charge in [-0.15, -0.1) is 0 Å². The van der Waals surface area contributed by atoms with Crippen molar-refractivity contribution in [3.63, 3.8) is 0 Å². The van der Waals surface area contributed by atoms with E-state index in [0.29, 0.717) is 0 Å². The van der Waals surface area contributed by atoms with Gasteiger partial charge in [-0.05, 0) is 18.2 Å². The van der Waals surface area contributed by atoms with Crippen LogP contribution >= 0.6 is 0 Å². The SMILES string of the molecule is COc1ccc(O)c(C(=O)c2ccccc2C(=O)O)c1F. The van der Waals surface area contributed by atoms with Gasteiger partial charge in [0.15, 0.2) is 11.6 Å². The molecule has 0 bridgehead atoms. The van der Waals surface area contributed by atoms with Gasteiger partial charge in [-0.3, -0.25) is 4.79 Å². The molecule has 0 heterocycles. The molecule has 2 N–H and O–H groups in total. The monoisotopic (exact) mass is 290 g/mol. The number of phenolic OH excluding ortho intramolecular Hbond substituents is 1. The van der Waals surface area contributed by atoms with Gasteiger partial charge in [0.25, 0.3) is 0 Å². The number of phenols is 1. The quantitative estimate of drug-likeness (QED) is 0.845. The van der Waals surface area contributed by atoms with Crippen LogP contribution in [0.4, 0.5) is 4.39 Å². The molecule has 0 aliphatic rings. The highest BCUT2D eigenvalue weighted by atomic mass is 19.1. The molecule has 2 rings (SSSR count). The van der Waals surface area contributed by atoms with E-state index in [0.717, 1.165) is 6.07 Å². The fraction of sp³-hybridized carbons (Fsp3) is 0.0667. The maximum absolute atomic E-state index is 14.1. The molecule has 0 saturated carbocycles. The maximum Gasteiger partial charge on any atom is 0.336 e. The van der Waals surface area contributed by atoms with Gasteiger partial charge in [0.05, 0.1) is 12.7 Å². The zero-order chi connectivity index (χ0) is 15.6. The summed E-state index contributed by atoms with van der Waals surface area (Å²) in [6.07, 6.45) is 0. The molecule has 0 aliphatic carbocycles. The molecular weight excluding hydrogens is 279 g/mol. The van der Waals surface area contributed by atoms with Crippen LogP contribution in [0.25, 0.3) is 0 Å². The molecule has 21 heavy (non-hydrogen) atoms. The number of hydrogen-bond acceptors (Lipinski definition) is 4. The minimum absolute atomic E-state index is 0.215. The first-order valence-electron chi connectivity index (χ1n) is 5.89. The second-order valence-electron chi connectivity index (χ2n) is 4.16. The Kier molecular flexibility index (Phi) is 3.89. The van der Waals surface area contributed by atoms with Crippen LogP contribution in [0.5, 0.6) is 11.5 Å². The molecule has 108 valence electrons. The summed E-state index contributed by atoms with van der Waals surface area (Å²) in [4.78, 5) is 23.5. The van der Waals surface area contributed by atoms with Crippen molar-refractivity contribution < 1.29 is 28.9 Å². The zero-order valence-electron chi connectivity index (χ0n) is 11.0. The number of carbonyl (C=O) groups is 2. The molecule has 0 spiro atoms. The molecule has 5 nitrogen and oxygen atoms in total. The number of benzene rings is 2. The van der Waals surface area contributed by atoms with Gasteiger partial charge in [0.1, 0.15) is 11.3 Å². The van der Waals surface area contributed by atoms with E-state index in [1.807, 2.05) is 0 Å². The van der Waals surface area contributed by atoms with Crippen molar-refractivity contribution in [2.45, 2.75) is 0 Å². The smallest absolute Gasteiger partial charge is 0.336 e. The van der Waals surface area contributed by atoms with Crippen molar-refractivity contribution in [1.82, 2.24) is 0 Å². The van der Waals surface area contributed by atoms with Crippen LogP contribution < -0.4 is 4.74 Å². The second kappa shape index (κ2) is 5.62. The van der Waals surface area contributed by atoms with Gasteiger partial charge < -0.3 is 14.9 Å². The lowest BCUT2D eigenvalue weighted by Crippen LogP contribution is -2.11. The number of methoxy groups -OCH3 is 1. The first kappa shape index (κ1) is 14.5. The predicted molar refractivity (Wildman–Crippen MR) is 71.5 cm³/mol. The number of aromatic carboxylic acids is 1. The fourth-order valence-electron chi connectivity index (χ4n) is 1.92. The highest BCUT2D eigenvalue weighted by Crippen LogP contribution is 2.30. The Morgan fingerprint density at radius 3 is 2.29 bits per heavy atom. The van der Waals surface area contributed by atoms with Crippen LogP contribution in [-0.2, 0) is 0 Å². The molecule has 0 aromatic heterocycles. The van der Waals surface area contributed by atoms with Gasteiger partial charge in [-0.1, -0.05) is 18.2 Å². The highest BCUT2D eigenvalue weighted by molar-refractivity contribution is 6.15. The Labute approximate surface area is 119 Å². The maximum atomic E-state index is 14.1. The van der Waals surface area contributed by atoms with E-state index < -0.39 is 28.9 Å². The van der Waals surface area contributed by atoms with Crippen LogP contribution in [0.15, 0.2) is 36.4 Å². The van der Waals surface area contributed by atoms with E-state index in [1.165, 1.54) is 37.4 Å². The van der Waals surface area contributed by atoms with E-state index >= 15 is 0 Å². The molecule has 6 heteroatoms. The molecule has 0 aliphatic heterocycles. The van der Waals surface area contributed by atoms with Gasteiger partial charge >= 0.3 is 5.97 Å². The summed E-state index contributed by atoms with van der Waals surface area (Å²) in [5.41, 5.74) is -1.11. The van der Waals surface area contributed by atoms with Crippen LogP contribution in [0.3, 0.4) is 0 Å². The largest absolute Gasteiger partial charge is 0.507 e. The summed E-state index contributed by atoms with van der Waals surface area (Å²) < 4.78 is 18.9. The summed E-state index contributed by atoms with van der Waals surface area (Å²) in [7, 11) is 1.22. The van der Waals surface area contributed by atoms with Gasteiger partial charge in [0, 0.05) is 5.56 Å². The Hall–Kier alpha value is -2.89. The van der Waals surface area contributed by atoms with Crippen molar-refractivity contribution in [2.75, 3.05) is 7.11 Å². The lowest BCUT2D eigenvalue weighted by atomic mass is 9.97. The molecule has 0 amide bonds. The number of carboxylic acids is 1. The number of halogens is 1. The van der Waals surface area contributed by atoms with Crippen molar-refractivity contribution in [3.05, 3.63) is 58.9 Å². The van der Waals surface area contributed by atoms with Gasteiger partial charge in [-0.25, -0.2) is 9.18 Å². The third kappa shape index (κ3) is 2.55. The van der Waals surface area contributed by atoms with E-state index in [1.54, 1.807) is 0 Å². The van der Waals surface area contributed by atoms with Crippen LogP contribution in [0.2, 0.25) is 0 Å². The van der Waals surface area contributed by atoms with Crippen molar-refractivity contribution in [3.8, 4) is 11.5 Å². The lowest BCUT2D eigenvalue weighted by molar-refractivity contribution is 0.0692. The molecule has 0 saturated heterocycles. The van der Waals surface area contributed by atoms with Crippen molar-refractivity contribution in [2.24, 2.45) is 0 Å². The summed E-state index contributed by atoms with van der Waals surface area (Å²) >= 11 is 0. The molecule has 0 fully saturated rings. The summed E-state index contributed by atoms with van der Waals surface area (Å²) in [5.74, 6) is -4.09. The summed E-state index contributed by atoms with van der Waals surface area (Å²) in [6.45, 7) is 0. The van der Waals surface area contributed by atoms with Gasteiger partial charge in [0.2, 0.25) is 5.78 Å². The summed E-state index contributed by atoms with van der Waals surface area (Å²) in [6, 6.07) is 7.66. The number of rotatable bonds is 4. The topological polar surface area (TPSA) is 83.8 Å². The Bertz CT molecular complexity index is 724. The van der Waals surface area contributed by atoms with E-state index in [2.05, 4.69) is 0 Å². The Morgan fingerprint density at radius 1 is 1.10 bits per heavy atom. The standard InChI is InChI=1S/C15H11FO5/c1-21-11-7-6-10(17)12(13(11)16)14(18)8-4-2-3-5-9(8)15(19)20/h2-7,17H,1H3,(H,19,20). The average molecular weight is 290 g/mol. The molecule has 2 aromatic rings. The van der Waals surface area contributed by atoms with Crippen molar-refractivity contribution in [1.29, 1.82) is 0 Å². The predicted octanol–water partition coefficient (Wildman–Crippen LogP) is 2.47. The Morgan fingerprint density at radius 2 is 1.71 bits per heavy atom.